The van der Waals surface area contributed by atoms with Crippen LogP contribution in [0.15, 0.2) is 70.9 Å². The maximum atomic E-state index is 5.54. The lowest BCUT2D eigenvalue weighted by atomic mass is 10.1. The van der Waals surface area contributed by atoms with Gasteiger partial charge in [-0.3, -0.25) is 0 Å². The minimum absolute atomic E-state index is 0.512. The van der Waals surface area contributed by atoms with E-state index in [1.54, 1.807) is 7.11 Å². The van der Waals surface area contributed by atoms with Crippen LogP contribution in [0.25, 0.3) is 16.9 Å². The number of anilines is 1. The molecule has 8 heteroatoms. The standard InChI is InChI=1S/C25H26N6O2/c1-18-4-3-5-19(14-18)17-26-28-23-16-25(30-10-12-33-13-11-30)31-24(27-23)15-22(29-31)20-6-8-21(32-2)9-7-20/h3-9,14-16H,10-13,17H2,1-2H3. The molecule has 3 heterocycles. The van der Waals surface area contributed by atoms with Gasteiger partial charge in [-0.25, -0.2) is 4.98 Å². The Morgan fingerprint density at radius 2 is 1.85 bits per heavy atom. The van der Waals surface area contributed by atoms with Crippen LogP contribution < -0.4 is 9.64 Å². The number of nitrogens with zero attached hydrogens (tertiary/aromatic N) is 6. The summed E-state index contributed by atoms with van der Waals surface area (Å²) in [6, 6.07) is 20.1. The van der Waals surface area contributed by atoms with Crippen LogP contribution in [0.2, 0.25) is 0 Å². The molecule has 0 saturated carbocycles. The van der Waals surface area contributed by atoms with Crippen LogP contribution >= 0.6 is 0 Å². The van der Waals surface area contributed by atoms with E-state index in [4.69, 9.17) is 19.6 Å². The summed E-state index contributed by atoms with van der Waals surface area (Å²) in [5, 5.41) is 13.7. The highest BCUT2D eigenvalue weighted by atomic mass is 16.5. The summed E-state index contributed by atoms with van der Waals surface area (Å²) in [6.07, 6.45) is 0. The van der Waals surface area contributed by atoms with Crippen molar-refractivity contribution >= 4 is 17.3 Å². The number of ether oxygens (including phenoxy) is 2. The lowest BCUT2D eigenvalue weighted by Crippen LogP contribution is -2.37. The SMILES string of the molecule is COc1ccc(-c2cc3nc(N=NCc4cccc(C)c4)cc(N4CCOCC4)n3n2)cc1. The average molecular weight is 443 g/mol. The Labute approximate surface area is 192 Å². The Morgan fingerprint density at radius 3 is 2.61 bits per heavy atom. The number of hydrogen-bond acceptors (Lipinski definition) is 7. The molecule has 0 spiro atoms. The molecule has 1 fully saturated rings. The molecule has 8 nitrogen and oxygen atoms in total. The summed E-state index contributed by atoms with van der Waals surface area (Å²) in [5.74, 6) is 2.32. The van der Waals surface area contributed by atoms with E-state index in [2.05, 4.69) is 40.3 Å². The van der Waals surface area contributed by atoms with Crippen molar-refractivity contribution in [2.24, 2.45) is 10.2 Å². The first kappa shape index (κ1) is 21.1. The molecule has 1 saturated heterocycles. The van der Waals surface area contributed by atoms with Gasteiger partial charge in [-0.1, -0.05) is 29.8 Å². The highest BCUT2D eigenvalue weighted by molar-refractivity contribution is 5.67. The number of hydrogen-bond donors (Lipinski definition) is 0. The average Bonchev–Trinajstić information content (AvgIpc) is 3.28. The van der Waals surface area contributed by atoms with Crippen LogP contribution in [-0.2, 0) is 11.3 Å². The third-order valence-electron chi connectivity index (χ3n) is 5.62. The number of methoxy groups -OCH3 is 1. The summed E-state index contributed by atoms with van der Waals surface area (Å²) in [7, 11) is 1.66. The fraction of sp³-hybridized carbons (Fsp3) is 0.280. The van der Waals surface area contributed by atoms with E-state index in [-0.39, 0.29) is 0 Å². The normalized spacial score (nSPS) is 14.3. The van der Waals surface area contributed by atoms with E-state index < -0.39 is 0 Å². The Morgan fingerprint density at radius 1 is 1.03 bits per heavy atom. The smallest absolute Gasteiger partial charge is 0.179 e. The molecular weight excluding hydrogens is 416 g/mol. The number of aromatic nitrogens is 3. The lowest BCUT2D eigenvalue weighted by Gasteiger charge is -2.28. The number of benzene rings is 2. The van der Waals surface area contributed by atoms with Gasteiger partial charge in [-0.15, -0.1) is 5.11 Å². The minimum Gasteiger partial charge on any atom is -0.497 e. The second kappa shape index (κ2) is 9.38. The van der Waals surface area contributed by atoms with Crippen LogP contribution in [-0.4, -0.2) is 48.0 Å². The van der Waals surface area contributed by atoms with Crippen molar-refractivity contribution < 1.29 is 9.47 Å². The van der Waals surface area contributed by atoms with E-state index in [9.17, 15) is 0 Å². The molecule has 2 aromatic heterocycles. The van der Waals surface area contributed by atoms with Gasteiger partial charge in [0.25, 0.3) is 0 Å². The van der Waals surface area contributed by atoms with Gasteiger partial charge < -0.3 is 14.4 Å². The number of morpholine rings is 1. The summed E-state index contributed by atoms with van der Waals surface area (Å²) in [5.41, 5.74) is 4.90. The molecule has 1 aliphatic rings. The largest absolute Gasteiger partial charge is 0.497 e. The van der Waals surface area contributed by atoms with Gasteiger partial charge in [0, 0.05) is 30.8 Å². The molecule has 0 aliphatic carbocycles. The van der Waals surface area contributed by atoms with Crippen LogP contribution in [0.5, 0.6) is 5.75 Å². The van der Waals surface area contributed by atoms with E-state index in [1.165, 1.54) is 5.56 Å². The fourth-order valence-electron chi connectivity index (χ4n) is 3.92. The predicted octanol–water partition coefficient (Wildman–Crippen LogP) is 4.83. The van der Waals surface area contributed by atoms with Crippen molar-refractivity contribution in [2.75, 3.05) is 38.3 Å². The number of aryl methyl sites for hydroxylation is 1. The third kappa shape index (κ3) is 4.70. The van der Waals surface area contributed by atoms with Crippen molar-refractivity contribution in [1.82, 2.24) is 14.6 Å². The fourth-order valence-corrected chi connectivity index (χ4v) is 3.92. The molecule has 0 radical (unpaired) electrons. The Bertz CT molecular complexity index is 1280. The van der Waals surface area contributed by atoms with E-state index in [0.29, 0.717) is 25.6 Å². The zero-order chi connectivity index (χ0) is 22.6. The third-order valence-corrected chi connectivity index (χ3v) is 5.62. The van der Waals surface area contributed by atoms with E-state index in [1.807, 2.05) is 47.0 Å². The zero-order valence-electron chi connectivity index (χ0n) is 18.8. The van der Waals surface area contributed by atoms with Crippen molar-refractivity contribution in [3.63, 3.8) is 0 Å². The molecule has 2 aromatic carbocycles. The molecule has 0 bridgehead atoms. The first-order valence-corrected chi connectivity index (χ1v) is 11.0. The van der Waals surface area contributed by atoms with E-state index >= 15 is 0 Å². The molecule has 0 unspecified atom stereocenters. The highest BCUT2D eigenvalue weighted by Gasteiger charge is 2.18. The first-order chi connectivity index (χ1) is 16.2. The van der Waals surface area contributed by atoms with Crippen LogP contribution in [0.4, 0.5) is 11.6 Å². The predicted molar refractivity (Wildman–Crippen MR) is 127 cm³/mol. The summed E-state index contributed by atoms with van der Waals surface area (Å²) < 4.78 is 12.7. The molecule has 4 aromatic rings. The minimum atomic E-state index is 0.512. The van der Waals surface area contributed by atoms with Crippen molar-refractivity contribution in [3.05, 3.63) is 71.8 Å². The molecule has 168 valence electrons. The lowest BCUT2D eigenvalue weighted by molar-refractivity contribution is 0.122. The maximum absolute atomic E-state index is 5.54. The second-order valence-corrected chi connectivity index (χ2v) is 7.99. The highest BCUT2D eigenvalue weighted by Crippen LogP contribution is 2.28. The topological polar surface area (TPSA) is 76.6 Å². The van der Waals surface area contributed by atoms with Gasteiger partial charge in [0.05, 0.1) is 32.6 Å². The summed E-state index contributed by atoms with van der Waals surface area (Å²) in [4.78, 5) is 6.97. The van der Waals surface area contributed by atoms with E-state index in [0.717, 1.165) is 47.1 Å². The Balaban J connectivity index is 1.50. The Kier molecular flexibility index (Phi) is 5.99. The molecule has 33 heavy (non-hydrogen) atoms. The van der Waals surface area contributed by atoms with Crippen LogP contribution in [0, 0.1) is 6.92 Å². The number of fused-ring (bicyclic) bond motifs is 1. The summed E-state index contributed by atoms with van der Waals surface area (Å²) in [6.45, 7) is 5.53. The van der Waals surface area contributed by atoms with Gasteiger partial charge in [0.1, 0.15) is 11.6 Å². The van der Waals surface area contributed by atoms with Gasteiger partial charge in [-0.2, -0.15) is 14.7 Å². The molecule has 5 rings (SSSR count). The molecule has 0 amide bonds. The quantitative estimate of drug-likeness (QED) is 0.400. The molecule has 0 N–H and O–H groups in total. The summed E-state index contributed by atoms with van der Waals surface area (Å²) >= 11 is 0. The molecule has 1 aliphatic heterocycles. The van der Waals surface area contributed by atoms with Gasteiger partial charge in [-0.05, 0) is 36.8 Å². The van der Waals surface area contributed by atoms with Crippen LogP contribution in [0.3, 0.4) is 0 Å². The first-order valence-electron chi connectivity index (χ1n) is 11.0. The number of azo groups is 1. The molecular formula is C25H26N6O2. The van der Waals surface area contributed by atoms with Crippen molar-refractivity contribution in [1.29, 1.82) is 0 Å². The van der Waals surface area contributed by atoms with Gasteiger partial charge in [0.2, 0.25) is 0 Å². The van der Waals surface area contributed by atoms with Crippen molar-refractivity contribution in [3.8, 4) is 17.0 Å². The van der Waals surface area contributed by atoms with Gasteiger partial charge >= 0.3 is 0 Å². The maximum Gasteiger partial charge on any atom is 0.179 e. The second-order valence-electron chi connectivity index (χ2n) is 7.99. The van der Waals surface area contributed by atoms with Crippen molar-refractivity contribution in [2.45, 2.75) is 13.5 Å². The van der Waals surface area contributed by atoms with Crippen LogP contribution in [0.1, 0.15) is 11.1 Å². The monoisotopic (exact) mass is 442 g/mol. The zero-order valence-corrected chi connectivity index (χ0v) is 18.8. The van der Waals surface area contributed by atoms with Gasteiger partial charge in [0.15, 0.2) is 11.5 Å². The Hall–Kier alpha value is -3.78. The molecule has 0 atom stereocenters. The number of rotatable bonds is 6.